The Hall–Kier alpha value is -2.40. The molecule has 6 heteroatoms. The number of hydrazone groups is 1. The van der Waals surface area contributed by atoms with Crippen LogP contribution in [-0.4, -0.2) is 16.6 Å². The van der Waals surface area contributed by atoms with E-state index in [1.165, 1.54) is 28.9 Å². The van der Waals surface area contributed by atoms with Crippen molar-refractivity contribution in [3.8, 4) is 0 Å². The second-order valence-corrected chi connectivity index (χ2v) is 11.6. The van der Waals surface area contributed by atoms with Crippen LogP contribution in [0.4, 0.5) is 0 Å². The first-order chi connectivity index (χ1) is 17.1. The van der Waals surface area contributed by atoms with Crippen molar-refractivity contribution in [2.24, 2.45) is 11.0 Å². The predicted molar refractivity (Wildman–Crippen MR) is 146 cm³/mol. The van der Waals surface area contributed by atoms with Gasteiger partial charge in [-0.2, -0.15) is 5.10 Å². The standard InChI is InChI=1S/C29H26Cl2N2OS/c30-22-12-8-18(9-13-22)16-21-5-3-6-24-27(21)32-33(28(24)19-10-14-23(31)15-11-19)29(34)26-17-20-4-1-2-7-25(20)35-26/h8-17,24,28H,1-7H2/b21-16-/t24-,28+/m1/s1. The van der Waals surface area contributed by atoms with Crippen molar-refractivity contribution in [3.63, 3.8) is 0 Å². The van der Waals surface area contributed by atoms with Crippen LogP contribution in [0.5, 0.6) is 0 Å². The smallest absolute Gasteiger partial charge is 0.266 e. The van der Waals surface area contributed by atoms with Crippen LogP contribution in [0.1, 0.15) is 69.4 Å². The molecule has 1 fully saturated rings. The van der Waals surface area contributed by atoms with Gasteiger partial charge in [-0.3, -0.25) is 4.79 Å². The number of aryl methyl sites for hydroxylation is 2. The van der Waals surface area contributed by atoms with Crippen LogP contribution in [0.15, 0.2) is 65.3 Å². The van der Waals surface area contributed by atoms with E-state index in [0.29, 0.717) is 5.02 Å². The molecule has 1 aliphatic heterocycles. The lowest BCUT2D eigenvalue weighted by atomic mass is 9.77. The van der Waals surface area contributed by atoms with Crippen molar-refractivity contribution in [1.29, 1.82) is 0 Å². The van der Waals surface area contributed by atoms with Gasteiger partial charge in [0.2, 0.25) is 0 Å². The number of fused-ring (bicyclic) bond motifs is 2. The number of rotatable bonds is 3. The normalized spacial score (nSPS) is 22.6. The summed E-state index contributed by atoms with van der Waals surface area (Å²) in [6.45, 7) is 0. The largest absolute Gasteiger partial charge is 0.284 e. The molecule has 3 aliphatic rings. The van der Waals surface area contributed by atoms with Gasteiger partial charge in [-0.15, -0.1) is 11.3 Å². The average molecular weight is 522 g/mol. The fourth-order valence-corrected chi connectivity index (χ4v) is 7.07. The van der Waals surface area contributed by atoms with Gasteiger partial charge in [-0.1, -0.05) is 47.5 Å². The van der Waals surface area contributed by atoms with Crippen LogP contribution in [0.2, 0.25) is 10.0 Å². The van der Waals surface area contributed by atoms with E-state index in [9.17, 15) is 4.79 Å². The van der Waals surface area contributed by atoms with Crippen molar-refractivity contribution in [2.45, 2.75) is 51.0 Å². The Labute approximate surface area is 220 Å². The van der Waals surface area contributed by atoms with Crippen LogP contribution < -0.4 is 0 Å². The molecule has 35 heavy (non-hydrogen) atoms. The highest BCUT2D eigenvalue weighted by molar-refractivity contribution is 7.14. The van der Waals surface area contributed by atoms with Gasteiger partial charge in [0, 0.05) is 20.8 Å². The number of amides is 1. The number of carbonyl (C=O) groups is 1. The third-order valence-electron chi connectivity index (χ3n) is 7.34. The number of halogens is 2. The summed E-state index contributed by atoms with van der Waals surface area (Å²) in [7, 11) is 0. The summed E-state index contributed by atoms with van der Waals surface area (Å²) in [6, 6.07) is 17.8. The molecule has 2 heterocycles. The van der Waals surface area contributed by atoms with Gasteiger partial charge in [0.05, 0.1) is 16.6 Å². The molecular weight excluding hydrogens is 495 g/mol. The summed E-state index contributed by atoms with van der Waals surface area (Å²) in [5.41, 5.74) is 5.79. The molecule has 1 saturated carbocycles. The van der Waals surface area contributed by atoms with Crippen LogP contribution in [0.3, 0.4) is 0 Å². The number of thiophene rings is 1. The van der Waals surface area contributed by atoms with Gasteiger partial charge in [-0.25, -0.2) is 5.01 Å². The van der Waals surface area contributed by atoms with Crippen LogP contribution >= 0.6 is 34.5 Å². The van der Waals surface area contributed by atoms with Crippen molar-refractivity contribution in [1.82, 2.24) is 5.01 Å². The number of allylic oxidation sites excluding steroid dienone is 1. The maximum absolute atomic E-state index is 13.9. The molecule has 6 rings (SSSR count). The molecule has 0 unspecified atom stereocenters. The molecule has 0 bridgehead atoms. The second-order valence-electron chi connectivity index (χ2n) is 9.62. The molecule has 1 amide bonds. The Morgan fingerprint density at radius 3 is 2.40 bits per heavy atom. The first-order valence-corrected chi connectivity index (χ1v) is 13.9. The zero-order valence-electron chi connectivity index (χ0n) is 19.3. The molecule has 0 saturated heterocycles. The predicted octanol–water partition coefficient (Wildman–Crippen LogP) is 8.37. The Morgan fingerprint density at radius 2 is 1.66 bits per heavy atom. The van der Waals surface area contributed by atoms with E-state index in [1.54, 1.807) is 16.3 Å². The summed E-state index contributed by atoms with van der Waals surface area (Å²) in [6.07, 6.45) is 9.82. The van der Waals surface area contributed by atoms with Crippen LogP contribution in [0.25, 0.3) is 6.08 Å². The lowest BCUT2D eigenvalue weighted by Crippen LogP contribution is -2.31. The van der Waals surface area contributed by atoms with E-state index in [2.05, 4.69) is 12.1 Å². The fourth-order valence-electron chi connectivity index (χ4n) is 5.63. The number of hydrogen-bond donors (Lipinski definition) is 0. The van der Waals surface area contributed by atoms with Crippen molar-refractivity contribution in [2.75, 3.05) is 0 Å². The van der Waals surface area contributed by atoms with E-state index >= 15 is 0 Å². The van der Waals surface area contributed by atoms with E-state index in [4.69, 9.17) is 28.3 Å². The number of hydrogen-bond acceptors (Lipinski definition) is 3. The van der Waals surface area contributed by atoms with E-state index < -0.39 is 0 Å². The van der Waals surface area contributed by atoms with E-state index in [0.717, 1.165) is 58.8 Å². The zero-order valence-corrected chi connectivity index (χ0v) is 21.7. The average Bonchev–Trinajstić information content (AvgIpc) is 3.48. The van der Waals surface area contributed by atoms with Crippen LogP contribution in [0, 0.1) is 5.92 Å². The van der Waals surface area contributed by atoms with E-state index in [1.807, 2.05) is 48.5 Å². The van der Waals surface area contributed by atoms with Gasteiger partial charge in [0.15, 0.2) is 0 Å². The highest BCUT2D eigenvalue weighted by atomic mass is 35.5. The van der Waals surface area contributed by atoms with Gasteiger partial charge >= 0.3 is 0 Å². The first kappa shape index (κ1) is 23.0. The maximum atomic E-state index is 13.9. The molecule has 1 aromatic heterocycles. The number of carbonyl (C=O) groups excluding carboxylic acids is 1. The molecule has 3 nitrogen and oxygen atoms in total. The zero-order chi connectivity index (χ0) is 23.9. The molecule has 3 aromatic rings. The second kappa shape index (κ2) is 9.57. The number of benzene rings is 2. The Balaban J connectivity index is 1.41. The highest BCUT2D eigenvalue weighted by Gasteiger charge is 2.44. The Bertz CT molecular complexity index is 1300. The summed E-state index contributed by atoms with van der Waals surface area (Å²) in [5.74, 6) is 0.180. The summed E-state index contributed by atoms with van der Waals surface area (Å²) < 4.78 is 0. The first-order valence-electron chi connectivity index (χ1n) is 12.3. The van der Waals surface area contributed by atoms with Gasteiger partial charge in [0.25, 0.3) is 5.91 Å². The maximum Gasteiger partial charge on any atom is 0.284 e. The summed E-state index contributed by atoms with van der Waals surface area (Å²) in [5, 5.41) is 8.24. The van der Waals surface area contributed by atoms with E-state index in [-0.39, 0.29) is 17.9 Å². The molecule has 0 spiro atoms. The van der Waals surface area contributed by atoms with Crippen molar-refractivity contribution < 1.29 is 4.79 Å². The Morgan fingerprint density at radius 1 is 0.943 bits per heavy atom. The minimum atomic E-state index is -0.122. The topological polar surface area (TPSA) is 32.7 Å². The minimum Gasteiger partial charge on any atom is -0.266 e. The quantitative estimate of drug-likeness (QED) is 0.341. The van der Waals surface area contributed by atoms with Crippen LogP contribution in [-0.2, 0) is 12.8 Å². The highest BCUT2D eigenvalue weighted by Crippen LogP contribution is 2.45. The molecule has 2 aromatic carbocycles. The lowest BCUT2D eigenvalue weighted by molar-refractivity contribution is 0.0686. The summed E-state index contributed by atoms with van der Waals surface area (Å²) >= 11 is 14.0. The third kappa shape index (κ3) is 4.48. The Kier molecular flexibility index (Phi) is 6.30. The number of nitrogens with zero attached hydrogens (tertiary/aromatic N) is 2. The molecule has 2 aliphatic carbocycles. The minimum absolute atomic E-state index is 0.0112. The third-order valence-corrected chi connectivity index (χ3v) is 9.07. The van der Waals surface area contributed by atoms with Crippen molar-refractivity contribution in [3.05, 3.63) is 96.7 Å². The molecule has 178 valence electrons. The monoisotopic (exact) mass is 520 g/mol. The summed E-state index contributed by atoms with van der Waals surface area (Å²) in [4.78, 5) is 16.1. The van der Waals surface area contributed by atoms with Gasteiger partial charge < -0.3 is 0 Å². The molecule has 2 atom stereocenters. The molecule has 0 radical (unpaired) electrons. The molecular formula is C29H26Cl2N2OS. The fraction of sp³-hybridized carbons (Fsp3) is 0.310. The van der Waals surface area contributed by atoms with Gasteiger partial charge in [0.1, 0.15) is 0 Å². The van der Waals surface area contributed by atoms with Gasteiger partial charge in [-0.05, 0) is 104 Å². The lowest BCUT2D eigenvalue weighted by Gasteiger charge is -2.29. The van der Waals surface area contributed by atoms with Crippen molar-refractivity contribution >= 4 is 52.2 Å². The molecule has 0 N–H and O–H groups in total. The SMILES string of the molecule is O=C(c1cc2c(s1)CCCC2)N1N=C2/C(=C\c3ccc(Cl)cc3)CCC[C@H]2[C@@H]1c1ccc(Cl)cc1.